The Hall–Kier alpha value is -2.30. The van der Waals surface area contributed by atoms with Crippen molar-refractivity contribution < 1.29 is 0 Å². The smallest absolute Gasteiger partial charge is 0.191 e. The molecule has 1 aromatic carbocycles. The first-order valence-corrected chi connectivity index (χ1v) is 7.73. The number of aromatic nitrogens is 2. The monoisotopic (exact) mass is 299 g/mol. The molecule has 0 saturated heterocycles. The summed E-state index contributed by atoms with van der Waals surface area (Å²) < 4.78 is 1.85. The number of aryl methyl sites for hydroxylation is 2. The van der Waals surface area contributed by atoms with E-state index in [-0.39, 0.29) is 0 Å². The summed E-state index contributed by atoms with van der Waals surface area (Å²) in [7, 11) is 1.93. The minimum absolute atomic E-state index is 0.621. The van der Waals surface area contributed by atoms with Gasteiger partial charge in [-0.3, -0.25) is 4.68 Å². The number of hydrogen-bond donors (Lipinski definition) is 2. The van der Waals surface area contributed by atoms with Gasteiger partial charge in [-0.05, 0) is 31.9 Å². The number of benzene rings is 1. The normalized spacial score (nSPS) is 11.5. The van der Waals surface area contributed by atoms with Gasteiger partial charge in [0.25, 0.3) is 0 Å². The Labute approximate surface area is 132 Å². The highest BCUT2D eigenvalue weighted by molar-refractivity contribution is 5.79. The van der Waals surface area contributed by atoms with E-state index in [1.165, 1.54) is 11.1 Å². The molecule has 0 bridgehead atoms. The fourth-order valence-corrected chi connectivity index (χ4v) is 2.25. The molecule has 0 spiro atoms. The van der Waals surface area contributed by atoms with Crippen LogP contribution in [0.15, 0.2) is 41.5 Å². The minimum Gasteiger partial charge on any atom is -0.357 e. The SMILES string of the molecule is CCNC(=NCc1ccnn1C)NCCc1cccc(C)c1. The number of hydrogen-bond acceptors (Lipinski definition) is 2. The molecule has 1 aromatic heterocycles. The summed E-state index contributed by atoms with van der Waals surface area (Å²) in [5.41, 5.74) is 3.74. The molecule has 5 heteroatoms. The summed E-state index contributed by atoms with van der Waals surface area (Å²) in [6.45, 7) is 6.52. The van der Waals surface area contributed by atoms with Gasteiger partial charge in [0, 0.05) is 26.3 Å². The first-order valence-electron chi connectivity index (χ1n) is 7.73. The Morgan fingerprint density at radius 1 is 1.27 bits per heavy atom. The molecule has 0 radical (unpaired) electrons. The zero-order valence-corrected chi connectivity index (χ0v) is 13.6. The zero-order valence-electron chi connectivity index (χ0n) is 13.6. The van der Waals surface area contributed by atoms with E-state index in [2.05, 4.69) is 58.8 Å². The van der Waals surface area contributed by atoms with E-state index in [9.17, 15) is 0 Å². The first-order chi connectivity index (χ1) is 10.7. The van der Waals surface area contributed by atoms with Gasteiger partial charge in [-0.1, -0.05) is 29.8 Å². The molecule has 5 nitrogen and oxygen atoms in total. The van der Waals surface area contributed by atoms with Crippen molar-refractivity contribution in [1.82, 2.24) is 20.4 Å². The van der Waals surface area contributed by atoms with E-state index in [4.69, 9.17) is 0 Å². The molecule has 0 aliphatic rings. The standard InChI is InChI=1S/C17H25N5/c1-4-18-17(20-13-16-9-11-21-22(16)3)19-10-8-15-7-5-6-14(2)12-15/h5-7,9,11-12H,4,8,10,13H2,1-3H3,(H2,18,19,20). The molecule has 0 fully saturated rings. The molecular weight excluding hydrogens is 274 g/mol. The second-order valence-electron chi connectivity index (χ2n) is 5.31. The predicted molar refractivity (Wildman–Crippen MR) is 90.9 cm³/mol. The second-order valence-corrected chi connectivity index (χ2v) is 5.31. The Bertz CT molecular complexity index is 615. The quantitative estimate of drug-likeness (QED) is 0.634. The maximum absolute atomic E-state index is 4.60. The van der Waals surface area contributed by atoms with Gasteiger partial charge in [0.05, 0.1) is 12.2 Å². The lowest BCUT2D eigenvalue weighted by molar-refractivity contribution is 0.707. The summed E-state index contributed by atoms with van der Waals surface area (Å²) in [6, 6.07) is 10.6. The van der Waals surface area contributed by atoms with Crippen LogP contribution in [0, 0.1) is 6.92 Å². The third-order valence-electron chi connectivity index (χ3n) is 3.45. The molecule has 0 atom stereocenters. The maximum atomic E-state index is 4.60. The molecular formula is C17H25N5. The topological polar surface area (TPSA) is 54.2 Å². The van der Waals surface area contributed by atoms with Crippen molar-refractivity contribution in [2.24, 2.45) is 12.0 Å². The van der Waals surface area contributed by atoms with Crippen molar-refractivity contribution >= 4 is 5.96 Å². The van der Waals surface area contributed by atoms with Crippen LogP contribution >= 0.6 is 0 Å². The zero-order chi connectivity index (χ0) is 15.8. The fraction of sp³-hybridized carbons (Fsp3) is 0.412. The van der Waals surface area contributed by atoms with Crippen molar-refractivity contribution in [3.8, 4) is 0 Å². The third kappa shape index (κ3) is 4.91. The molecule has 2 rings (SSSR count). The highest BCUT2D eigenvalue weighted by Crippen LogP contribution is 2.04. The molecule has 0 saturated carbocycles. The van der Waals surface area contributed by atoms with Crippen LogP contribution in [0.4, 0.5) is 0 Å². The minimum atomic E-state index is 0.621. The molecule has 0 amide bonds. The Balaban J connectivity index is 1.87. The van der Waals surface area contributed by atoms with Gasteiger partial charge in [0.1, 0.15) is 0 Å². The highest BCUT2D eigenvalue weighted by atomic mass is 15.3. The van der Waals surface area contributed by atoms with E-state index < -0.39 is 0 Å². The van der Waals surface area contributed by atoms with Gasteiger partial charge in [-0.25, -0.2) is 4.99 Å². The van der Waals surface area contributed by atoms with Gasteiger partial charge in [-0.15, -0.1) is 0 Å². The Morgan fingerprint density at radius 2 is 2.14 bits per heavy atom. The van der Waals surface area contributed by atoms with Crippen LogP contribution in [0.3, 0.4) is 0 Å². The Morgan fingerprint density at radius 3 is 2.82 bits per heavy atom. The maximum Gasteiger partial charge on any atom is 0.191 e. The van der Waals surface area contributed by atoms with Crippen LogP contribution in [-0.4, -0.2) is 28.8 Å². The summed E-state index contributed by atoms with van der Waals surface area (Å²) in [4.78, 5) is 4.60. The summed E-state index contributed by atoms with van der Waals surface area (Å²) in [5, 5.41) is 10.8. The van der Waals surface area contributed by atoms with Crippen LogP contribution in [0.1, 0.15) is 23.7 Å². The van der Waals surface area contributed by atoms with Crippen LogP contribution < -0.4 is 10.6 Å². The average Bonchev–Trinajstić information content (AvgIpc) is 2.90. The molecule has 2 N–H and O–H groups in total. The van der Waals surface area contributed by atoms with Crippen LogP contribution in [0.25, 0.3) is 0 Å². The average molecular weight is 299 g/mol. The lowest BCUT2D eigenvalue weighted by Crippen LogP contribution is -2.38. The number of nitrogens with zero attached hydrogens (tertiary/aromatic N) is 3. The van der Waals surface area contributed by atoms with Gasteiger partial charge in [0.2, 0.25) is 0 Å². The summed E-state index contributed by atoms with van der Waals surface area (Å²) >= 11 is 0. The lowest BCUT2D eigenvalue weighted by atomic mass is 10.1. The van der Waals surface area contributed by atoms with Crippen LogP contribution in [0.2, 0.25) is 0 Å². The van der Waals surface area contributed by atoms with Crippen molar-refractivity contribution in [1.29, 1.82) is 0 Å². The molecule has 2 aromatic rings. The van der Waals surface area contributed by atoms with Gasteiger partial charge < -0.3 is 10.6 Å². The molecule has 1 heterocycles. The molecule has 0 unspecified atom stereocenters. The van der Waals surface area contributed by atoms with Gasteiger partial charge in [-0.2, -0.15) is 5.10 Å². The highest BCUT2D eigenvalue weighted by Gasteiger charge is 2.00. The Kier molecular flexibility index (Phi) is 6.01. The number of aliphatic imine (C=N–C) groups is 1. The third-order valence-corrected chi connectivity index (χ3v) is 3.45. The largest absolute Gasteiger partial charge is 0.357 e. The summed E-state index contributed by atoms with van der Waals surface area (Å²) in [5.74, 6) is 0.844. The van der Waals surface area contributed by atoms with Crippen molar-refractivity contribution in [2.45, 2.75) is 26.8 Å². The summed E-state index contributed by atoms with van der Waals surface area (Å²) in [6.07, 6.45) is 2.78. The first kappa shape index (κ1) is 16.1. The fourth-order valence-electron chi connectivity index (χ4n) is 2.25. The van der Waals surface area contributed by atoms with Gasteiger partial charge >= 0.3 is 0 Å². The van der Waals surface area contributed by atoms with Crippen molar-refractivity contribution in [3.63, 3.8) is 0 Å². The van der Waals surface area contributed by atoms with Crippen LogP contribution in [-0.2, 0) is 20.0 Å². The molecule has 0 aliphatic heterocycles. The molecule has 118 valence electrons. The van der Waals surface area contributed by atoms with E-state index >= 15 is 0 Å². The van der Waals surface area contributed by atoms with E-state index in [0.717, 1.165) is 31.2 Å². The molecule has 0 aliphatic carbocycles. The lowest BCUT2D eigenvalue weighted by Gasteiger charge is -2.11. The van der Waals surface area contributed by atoms with E-state index in [1.807, 2.05) is 17.8 Å². The number of guanidine groups is 1. The predicted octanol–water partition coefficient (Wildman–Crippen LogP) is 2.03. The van der Waals surface area contributed by atoms with E-state index in [1.54, 1.807) is 6.20 Å². The van der Waals surface area contributed by atoms with Crippen molar-refractivity contribution in [2.75, 3.05) is 13.1 Å². The van der Waals surface area contributed by atoms with Gasteiger partial charge in [0.15, 0.2) is 5.96 Å². The molecule has 22 heavy (non-hydrogen) atoms. The van der Waals surface area contributed by atoms with Crippen molar-refractivity contribution in [3.05, 3.63) is 53.3 Å². The number of nitrogens with one attached hydrogen (secondary N) is 2. The van der Waals surface area contributed by atoms with Crippen LogP contribution in [0.5, 0.6) is 0 Å². The van der Waals surface area contributed by atoms with E-state index in [0.29, 0.717) is 6.54 Å². The second kappa shape index (κ2) is 8.22. The number of rotatable bonds is 6.